The van der Waals surface area contributed by atoms with E-state index in [1.807, 2.05) is 40.7 Å². The third kappa shape index (κ3) is 24.2. The third-order valence-electron chi connectivity index (χ3n) is 3.85. The summed E-state index contributed by atoms with van der Waals surface area (Å²) >= 11 is 0. The van der Waals surface area contributed by atoms with Gasteiger partial charge < -0.3 is 0 Å². The Labute approximate surface area is 178 Å². The van der Waals surface area contributed by atoms with E-state index in [2.05, 4.69) is 77.3 Å². The van der Waals surface area contributed by atoms with Crippen LogP contribution in [0.5, 0.6) is 0 Å². The van der Waals surface area contributed by atoms with Crippen LogP contribution in [-0.4, -0.2) is 0 Å². The van der Waals surface area contributed by atoms with Gasteiger partial charge in [-0.25, -0.2) is 0 Å². The van der Waals surface area contributed by atoms with Gasteiger partial charge in [-0.3, -0.25) is 0 Å². The van der Waals surface area contributed by atoms with Crippen LogP contribution < -0.4 is 0 Å². The molecule has 0 spiro atoms. The second-order valence-corrected chi connectivity index (χ2v) is 7.08. The van der Waals surface area contributed by atoms with Crippen molar-refractivity contribution in [3.05, 3.63) is 83.5 Å². The largest absolute Gasteiger partial charge is 0.100 e. The Balaban J connectivity index is -0.000000373. The third-order valence-corrected chi connectivity index (χ3v) is 3.85. The summed E-state index contributed by atoms with van der Waals surface area (Å²) in [6.45, 7) is 26.3. The van der Waals surface area contributed by atoms with Crippen LogP contribution in [-0.2, 0) is 0 Å². The van der Waals surface area contributed by atoms with Crippen molar-refractivity contribution in [1.82, 2.24) is 0 Å². The van der Waals surface area contributed by atoms with Crippen LogP contribution in [0.25, 0.3) is 0 Å². The zero-order valence-electron chi connectivity index (χ0n) is 20.5. The Morgan fingerprint density at radius 1 is 0.893 bits per heavy atom. The van der Waals surface area contributed by atoms with Gasteiger partial charge in [0, 0.05) is 0 Å². The van der Waals surface area contributed by atoms with Gasteiger partial charge in [-0.2, -0.15) is 0 Å². The first-order valence-electron chi connectivity index (χ1n) is 10.9. The molecule has 0 saturated carbocycles. The van der Waals surface area contributed by atoms with Crippen molar-refractivity contribution >= 4 is 0 Å². The maximum atomic E-state index is 4.10. The number of allylic oxidation sites excluding steroid dienone is 6. The Hall–Kier alpha value is -1.82. The molecule has 0 aliphatic rings. The zero-order chi connectivity index (χ0) is 22.4. The second kappa shape index (κ2) is 23.2. The molecule has 0 heterocycles. The van der Waals surface area contributed by atoms with Crippen molar-refractivity contribution in [2.24, 2.45) is 0 Å². The highest BCUT2D eigenvalue weighted by molar-refractivity contribution is 5.29. The molecule has 0 aliphatic heterocycles. The van der Waals surface area contributed by atoms with Crippen molar-refractivity contribution in [3.8, 4) is 0 Å². The van der Waals surface area contributed by atoms with Crippen LogP contribution in [0.1, 0.15) is 91.7 Å². The maximum Gasteiger partial charge on any atom is -0.0282 e. The predicted octanol–water partition coefficient (Wildman–Crippen LogP) is 9.95. The number of aryl methyl sites for hydroxylation is 2. The number of hydrogen-bond acceptors (Lipinski definition) is 0. The summed E-state index contributed by atoms with van der Waals surface area (Å²) in [5.74, 6) is 0. The standard InChI is InChI=1S/C14H24.C8H10.C4H8.C2H6/c1-5-7-9-10-12-14(4)13(3)11-8-6-2;1-7-5-3-4-6-8(7)2;1-4(2)3;1-2/h6,8,11H,4-5,7,9-10,12H2,1-3H3;3-6H,1-2H3;1H2,2-3H3;1-2H3/b8-6-,13-11-;;;. The van der Waals surface area contributed by atoms with E-state index in [-0.39, 0.29) is 0 Å². The molecule has 0 amide bonds. The van der Waals surface area contributed by atoms with E-state index in [1.165, 1.54) is 53.5 Å². The van der Waals surface area contributed by atoms with Gasteiger partial charge in [-0.1, -0.05) is 100 Å². The van der Waals surface area contributed by atoms with Crippen molar-refractivity contribution in [1.29, 1.82) is 0 Å². The molecule has 160 valence electrons. The molecule has 0 bridgehead atoms. The van der Waals surface area contributed by atoms with Crippen molar-refractivity contribution < 1.29 is 0 Å². The molecule has 0 unspecified atom stereocenters. The van der Waals surface area contributed by atoms with Crippen LogP contribution in [0.3, 0.4) is 0 Å². The van der Waals surface area contributed by atoms with Crippen LogP contribution >= 0.6 is 0 Å². The zero-order valence-corrected chi connectivity index (χ0v) is 20.5. The minimum absolute atomic E-state index is 1.15. The SMILES string of the molecule is C=C(C)C.C=C(CCCCCC)/C(C)=C\C=C/C.CC.Cc1ccccc1C. The number of hydrogen-bond donors (Lipinski definition) is 0. The lowest BCUT2D eigenvalue weighted by Crippen LogP contribution is -1.85. The molecule has 0 nitrogen and oxygen atoms in total. The summed E-state index contributed by atoms with van der Waals surface area (Å²) < 4.78 is 0. The van der Waals surface area contributed by atoms with E-state index in [9.17, 15) is 0 Å². The summed E-state index contributed by atoms with van der Waals surface area (Å²) in [6, 6.07) is 8.36. The molecule has 1 aromatic carbocycles. The molecular weight excluding hydrogens is 336 g/mol. The van der Waals surface area contributed by atoms with Gasteiger partial charge in [0.05, 0.1) is 0 Å². The Kier molecular flexibility index (Phi) is 25.6. The van der Waals surface area contributed by atoms with Crippen molar-refractivity contribution in [3.63, 3.8) is 0 Å². The monoisotopic (exact) mass is 384 g/mol. The first-order chi connectivity index (χ1) is 13.3. The van der Waals surface area contributed by atoms with Crippen LogP contribution in [0.4, 0.5) is 0 Å². The van der Waals surface area contributed by atoms with Gasteiger partial charge in [0.25, 0.3) is 0 Å². The lowest BCUT2D eigenvalue weighted by molar-refractivity contribution is 0.666. The number of benzene rings is 1. The van der Waals surface area contributed by atoms with Gasteiger partial charge in [-0.15, -0.1) is 6.58 Å². The summed E-state index contributed by atoms with van der Waals surface area (Å²) in [5.41, 5.74) is 6.51. The number of unbranched alkanes of at least 4 members (excludes halogenated alkanes) is 3. The Morgan fingerprint density at radius 3 is 1.71 bits per heavy atom. The first kappa shape index (κ1) is 30.9. The van der Waals surface area contributed by atoms with Gasteiger partial charge in [0.2, 0.25) is 0 Å². The highest BCUT2D eigenvalue weighted by Crippen LogP contribution is 2.15. The molecular formula is C28H48. The molecule has 0 aliphatic carbocycles. The first-order valence-corrected chi connectivity index (χ1v) is 10.9. The van der Waals surface area contributed by atoms with E-state index < -0.39 is 0 Å². The lowest BCUT2D eigenvalue weighted by Gasteiger charge is -2.04. The Bertz CT molecular complexity index is 530. The van der Waals surface area contributed by atoms with Crippen molar-refractivity contribution in [2.45, 2.75) is 94.4 Å². The molecule has 1 rings (SSSR count). The predicted molar refractivity (Wildman–Crippen MR) is 134 cm³/mol. The highest BCUT2D eigenvalue weighted by Gasteiger charge is 1.96. The molecule has 0 atom stereocenters. The van der Waals surface area contributed by atoms with E-state index in [0.717, 1.165) is 6.42 Å². The quantitative estimate of drug-likeness (QED) is 0.249. The van der Waals surface area contributed by atoms with Gasteiger partial charge in [0.15, 0.2) is 0 Å². The smallest absolute Gasteiger partial charge is 0.0282 e. The Morgan fingerprint density at radius 2 is 1.36 bits per heavy atom. The fourth-order valence-corrected chi connectivity index (χ4v) is 1.98. The van der Waals surface area contributed by atoms with E-state index >= 15 is 0 Å². The minimum Gasteiger partial charge on any atom is -0.100 e. The molecule has 0 saturated heterocycles. The average molecular weight is 385 g/mol. The topological polar surface area (TPSA) is 0 Å². The van der Waals surface area contributed by atoms with Gasteiger partial charge >= 0.3 is 0 Å². The molecule has 0 fully saturated rings. The van der Waals surface area contributed by atoms with Crippen LogP contribution in [0.15, 0.2) is 72.4 Å². The lowest BCUT2D eigenvalue weighted by atomic mass is 10.0. The highest BCUT2D eigenvalue weighted by atomic mass is 14.0. The minimum atomic E-state index is 1.15. The van der Waals surface area contributed by atoms with Gasteiger partial charge in [0.1, 0.15) is 0 Å². The van der Waals surface area contributed by atoms with E-state index in [4.69, 9.17) is 0 Å². The second-order valence-electron chi connectivity index (χ2n) is 7.08. The summed E-state index contributed by atoms with van der Waals surface area (Å²) in [4.78, 5) is 0. The maximum absolute atomic E-state index is 4.10. The molecule has 28 heavy (non-hydrogen) atoms. The van der Waals surface area contributed by atoms with E-state index in [0.29, 0.717) is 0 Å². The molecule has 0 N–H and O–H groups in total. The normalized spacial score (nSPS) is 9.96. The average Bonchev–Trinajstić information content (AvgIpc) is 2.67. The fraction of sp³-hybridized carbons (Fsp3) is 0.500. The molecule has 1 aromatic rings. The summed E-state index contributed by atoms with van der Waals surface area (Å²) in [5, 5.41) is 0. The van der Waals surface area contributed by atoms with E-state index in [1.54, 1.807) is 0 Å². The van der Waals surface area contributed by atoms with Crippen LogP contribution in [0.2, 0.25) is 0 Å². The fourth-order valence-electron chi connectivity index (χ4n) is 1.98. The van der Waals surface area contributed by atoms with Crippen molar-refractivity contribution in [2.75, 3.05) is 0 Å². The van der Waals surface area contributed by atoms with Crippen LogP contribution in [0, 0.1) is 13.8 Å². The number of rotatable bonds is 7. The molecule has 0 radical (unpaired) electrons. The molecule has 0 heteroatoms. The summed E-state index contributed by atoms with van der Waals surface area (Å²) in [7, 11) is 0. The molecule has 0 aromatic heterocycles. The van der Waals surface area contributed by atoms with Gasteiger partial charge in [-0.05, 0) is 71.1 Å². The summed E-state index contributed by atoms with van der Waals surface area (Å²) in [6.07, 6.45) is 12.7.